The number of rotatable bonds is 3. The molecule has 0 spiro atoms. The number of nitrogens with one attached hydrogen (secondary N) is 1. The van der Waals surface area contributed by atoms with Crippen LogP contribution in [-0.2, 0) is 0 Å². The molecule has 20 heavy (non-hydrogen) atoms. The molecule has 1 aromatic carbocycles. The Balaban J connectivity index is 1.98. The van der Waals surface area contributed by atoms with Crippen molar-refractivity contribution >= 4 is 10.9 Å². The second kappa shape index (κ2) is 5.53. The molecule has 2 nitrogen and oxygen atoms in total. The monoisotopic (exact) mass is 268 g/mol. The second-order valence-electron chi connectivity index (χ2n) is 6.40. The number of para-hydroxylation sites is 1. The molecule has 1 heterocycles. The van der Waals surface area contributed by atoms with Crippen molar-refractivity contribution < 1.29 is 0 Å². The van der Waals surface area contributed by atoms with E-state index in [-0.39, 0.29) is 0 Å². The zero-order valence-corrected chi connectivity index (χ0v) is 12.5. The summed E-state index contributed by atoms with van der Waals surface area (Å²) in [6.07, 6.45) is 8.79. The van der Waals surface area contributed by atoms with Crippen molar-refractivity contribution in [2.75, 3.05) is 7.05 Å². The lowest BCUT2D eigenvalue weighted by Gasteiger charge is -2.41. The van der Waals surface area contributed by atoms with Crippen LogP contribution in [0.4, 0.5) is 0 Å². The number of fused-ring (bicyclic) bond motifs is 1. The Labute approximate surface area is 121 Å². The first-order chi connectivity index (χ1) is 9.73. The fourth-order valence-corrected chi connectivity index (χ4v) is 3.81. The molecule has 1 fully saturated rings. The molecular weight excluding hydrogens is 244 g/mol. The number of hydrogen-bond donors (Lipinski definition) is 1. The summed E-state index contributed by atoms with van der Waals surface area (Å²) in [6, 6.07) is 11.1. The van der Waals surface area contributed by atoms with E-state index in [1.165, 1.54) is 43.1 Å². The standard InChI is InChI=1S/C18H24N2/c1-18(10-6-3-7-11-18)17(19-2)15-12-14-8-4-5-9-16(14)20-13-15/h4-5,8-9,12-13,17,19H,3,6-7,10-11H2,1-2H3. The van der Waals surface area contributed by atoms with Gasteiger partial charge in [0.25, 0.3) is 0 Å². The van der Waals surface area contributed by atoms with E-state index in [4.69, 9.17) is 0 Å². The van der Waals surface area contributed by atoms with E-state index in [1.807, 2.05) is 6.07 Å². The van der Waals surface area contributed by atoms with Crippen LogP contribution in [0, 0.1) is 5.41 Å². The van der Waals surface area contributed by atoms with E-state index in [9.17, 15) is 0 Å². The summed E-state index contributed by atoms with van der Waals surface area (Å²) in [7, 11) is 2.08. The summed E-state index contributed by atoms with van der Waals surface area (Å²) in [5.74, 6) is 0. The number of pyridine rings is 1. The molecule has 0 radical (unpaired) electrons. The maximum atomic E-state index is 4.64. The zero-order chi connectivity index (χ0) is 14.0. The van der Waals surface area contributed by atoms with Crippen LogP contribution < -0.4 is 5.32 Å². The van der Waals surface area contributed by atoms with Crippen LogP contribution in [0.2, 0.25) is 0 Å². The van der Waals surface area contributed by atoms with Gasteiger partial charge in [-0.05, 0) is 43.0 Å². The first-order valence-electron chi connectivity index (χ1n) is 7.75. The summed E-state index contributed by atoms with van der Waals surface area (Å²) in [5, 5.41) is 4.79. The Morgan fingerprint density at radius 3 is 2.65 bits per heavy atom. The predicted molar refractivity (Wildman–Crippen MR) is 84.7 cm³/mol. The van der Waals surface area contributed by atoms with Gasteiger partial charge in [0.05, 0.1) is 5.52 Å². The minimum Gasteiger partial charge on any atom is -0.312 e. The van der Waals surface area contributed by atoms with Gasteiger partial charge < -0.3 is 5.32 Å². The van der Waals surface area contributed by atoms with Gasteiger partial charge in [-0.1, -0.05) is 44.4 Å². The largest absolute Gasteiger partial charge is 0.312 e. The summed E-state index contributed by atoms with van der Waals surface area (Å²) in [5.41, 5.74) is 2.77. The van der Waals surface area contributed by atoms with Crippen LogP contribution in [0.5, 0.6) is 0 Å². The molecule has 1 atom stereocenters. The van der Waals surface area contributed by atoms with Gasteiger partial charge in [0.1, 0.15) is 0 Å². The molecule has 3 rings (SSSR count). The smallest absolute Gasteiger partial charge is 0.0702 e. The number of benzene rings is 1. The van der Waals surface area contributed by atoms with Crippen LogP contribution in [0.15, 0.2) is 36.5 Å². The van der Waals surface area contributed by atoms with Gasteiger partial charge in [-0.25, -0.2) is 0 Å². The molecule has 0 aliphatic heterocycles. The van der Waals surface area contributed by atoms with Crippen LogP contribution >= 0.6 is 0 Å². The summed E-state index contributed by atoms with van der Waals surface area (Å²) >= 11 is 0. The Kier molecular flexibility index (Phi) is 3.75. The third kappa shape index (κ3) is 2.45. The van der Waals surface area contributed by atoms with Gasteiger partial charge in [0.15, 0.2) is 0 Å². The van der Waals surface area contributed by atoms with Crippen molar-refractivity contribution in [1.82, 2.24) is 10.3 Å². The fourth-order valence-electron chi connectivity index (χ4n) is 3.81. The molecule has 0 amide bonds. The van der Waals surface area contributed by atoms with Gasteiger partial charge in [-0.3, -0.25) is 4.98 Å². The summed E-state index contributed by atoms with van der Waals surface area (Å²) in [6.45, 7) is 2.43. The van der Waals surface area contributed by atoms with E-state index >= 15 is 0 Å². The van der Waals surface area contributed by atoms with E-state index in [0.29, 0.717) is 11.5 Å². The van der Waals surface area contributed by atoms with Crippen molar-refractivity contribution in [2.45, 2.75) is 45.1 Å². The first-order valence-corrected chi connectivity index (χ1v) is 7.75. The maximum Gasteiger partial charge on any atom is 0.0702 e. The molecule has 2 aromatic rings. The highest BCUT2D eigenvalue weighted by Crippen LogP contribution is 2.45. The average Bonchev–Trinajstić information content (AvgIpc) is 2.48. The summed E-state index contributed by atoms with van der Waals surface area (Å²) < 4.78 is 0. The lowest BCUT2D eigenvalue weighted by Crippen LogP contribution is -2.36. The normalized spacial score (nSPS) is 19.9. The minimum absolute atomic E-state index is 0.358. The van der Waals surface area contributed by atoms with E-state index in [2.05, 4.69) is 54.7 Å². The average molecular weight is 268 g/mol. The molecule has 0 bridgehead atoms. The number of nitrogens with zero attached hydrogens (tertiary/aromatic N) is 1. The SMILES string of the molecule is CNC(c1cnc2ccccc2c1)C1(C)CCCCC1. The predicted octanol–water partition coefficient (Wildman–Crippen LogP) is 4.47. The molecule has 106 valence electrons. The van der Waals surface area contributed by atoms with Gasteiger partial charge in [0, 0.05) is 17.6 Å². The molecule has 1 aromatic heterocycles. The highest BCUT2D eigenvalue weighted by molar-refractivity contribution is 5.78. The highest BCUT2D eigenvalue weighted by Gasteiger charge is 2.35. The third-order valence-corrected chi connectivity index (χ3v) is 4.93. The third-order valence-electron chi connectivity index (χ3n) is 4.93. The lowest BCUT2D eigenvalue weighted by atomic mass is 9.69. The Morgan fingerprint density at radius 1 is 1.15 bits per heavy atom. The molecular formula is C18H24N2. The second-order valence-corrected chi connectivity index (χ2v) is 6.40. The van der Waals surface area contributed by atoms with Crippen molar-refractivity contribution in [3.05, 3.63) is 42.1 Å². The van der Waals surface area contributed by atoms with Crippen molar-refractivity contribution in [3.8, 4) is 0 Å². The van der Waals surface area contributed by atoms with Crippen LogP contribution in [-0.4, -0.2) is 12.0 Å². The van der Waals surface area contributed by atoms with Crippen molar-refractivity contribution in [2.24, 2.45) is 5.41 Å². The van der Waals surface area contributed by atoms with Gasteiger partial charge in [-0.2, -0.15) is 0 Å². The van der Waals surface area contributed by atoms with E-state index in [1.54, 1.807) is 0 Å². The minimum atomic E-state index is 0.358. The topological polar surface area (TPSA) is 24.9 Å². The zero-order valence-electron chi connectivity index (χ0n) is 12.5. The quantitative estimate of drug-likeness (QED) is 0.888. The molecule has 1 saturated carbocycles. The van der Waals surface area contributed by atoms with Gasteiger partial charge in [-0.15, -0.1) is 0 Å². The Hall–Kier alpha value is -1.41. The Bertz CT molecular complexity index is 585. The molecule has 0 saturated heterocycles. The molecule has 2 heteroatoms. The first kappa shape index (κ1) is 13.6. The molecule has 1 aliphatic rings. The highest BCUT2D eigenvalue weighted by atomic mass is 14.9. The lowest BCUT2D eigenvalue weighted by molar-refractivity contribution is 0.150. The van der Waals surface area contributed by atoms with Crippen molar-refractivity contribution in [1.29, 1.82) is 0 Å². The van der Waals surface area contributed by atoms with Gasteiger partial charge >= 0.3 is 0 Å². The summed E-state index contributed by atoms with van der Waals surface area (Å²) in [4.78, 5) is 4.64. The number of hydrogen-bond acceptors (Lipinski definition) is 2. The van der Waals surface area contributed by atoms with E-state index < -0.39 is 0 Å². The molecule has 1 N–H and O–H groups in total. The van der Waals surface area contributed by atoms with Crippen LogP contribution in [0.25, 0.3) is 10.9 Å². The van der Waals surface area contributed by atoms with Crippen LogP contribution in [0.3, 0.4) is 0 Å². The molecule has 1 aliphatic carbocycles. The van der Waals surface area contributed by atoms with E-state index in [0.717, 1.165) is 5.52 Å². The molecule has 1 unspecified atom stereocenters. The number of aromatic nitrogens is 1. The van der Waals surface area contributed by atoms with Gasteiger partial charge in [0.2, 0.25) is 0 Å². The fraction of sp³-hybridized carbons (Fsp3) is 0.500. The van der Waals surface area contributed by atoms with Crippen LogP contribution in [0.1, 0.15) is 50.6 Å². The maximum absolute atomic E-state index is 4.64. The van der Waals surface area contributed by atoms with Crippen molar-refractivity contribution in [3.63, 3.8) is 0 Å². The Morgan fingerprint density at radius 2 is 1.90 bits per heavy atom.